The molecule has 12 heavy (non-hydrogen) atoms. The predicted molar refractivity (Wildman–Crippen MR) is 41.3 cm³/mol. The molecule has 1 aliphatic rings. The van der Waals surface area contributed by atoms with E-state index in [1.165, 1.54) is 6.21 Å². The van der Waals surface area contributed by atoms with E-state index in [0.29, 0.717) is 5.57 Å². The number of rotatable bonds is 0. The van der Waals surface area contributed by atoms with E-state index in [1.807, 2.05) is 0 Å². The summed E-state index contributed by atoms with van der Waals surface area (Å²) < 4.78 is 36.4. The van der Waals surface area contributed by atoms with Gasteiger partial charge in [0.25, 0.3) is 0 Å². The van der Waals surface area contributed by atoms with Crippen LogP contribution in [0.2, 0.25) is 0 Å². The topological polar surface area (TPSA) is 12.4 Å². The van der Waals surface area contributed by atoms with Crippen LogP contribution in [0.4, 0.5) is 13.2 Å². The second-order valence-corrected chi connectivity index (χ2v) is 2.54. The van der Waals surface area contributed by atoms with Gasteiger partial charge in [-0.1, -0.05) is 6.08 Å². The summed E-state index contributed by atoms with van der Waals surface area (Å²) in [7, 11) is 0. The SMILES string of the molecule is CC1=CC(C(F)(F)F)=CCN=C1. The van der Waals surface area contributed by atoms with Crippen LogP contribution < -0.4 is 0 Å². The highest BCUT2D eigenvalue weighted by molar-refractivity contribution is 5.79. The summed E-state index contributed by atoms with van der Waals surface area (Å²) in [6.45, 7) is 1.69. The van der Waals surface area contributed by atoms with E-state index in [2.05, 4.69) is 4.99 Å². The highest BCUT2D eigenvalue weighted by Crippen LogP contribution is 2.27. The Morgan fingerprint density at radius 1 is 1.42 bits per heavy atom. The molecule has 66 valence electrons. The third-order valence-electron chi connectivity index (χ3n) is 1.42. The maximum Gasteiger partial charge on any atom is 0.416 e. The van der Waals surface area contributed by atoms with Crippen molar-refractivity contribution in [3.63, 3.8) is 0 Å². The smallest absolute Gasteiger partial charge is 0.289 e. The van der Waals surface area contributed by atoms with E-state index in [9.17, 15) is 13.2 Å². The maximum atomic E-state index is 12.1. The van der Waals surface area contributed by atoms with Crippen molar-refractivity contribution in [1.82, 2.24) is 0 Å². The molecule has 0 saturated heterocycles. The molecule has 0 aromatic rings. The van der Waals surface area contributed by atoms with Gasteiger partial charge in [-0.3, -0.25) is 4.99 Å². The van der Waals surface area contributed by atoms with Crippen LogP contribution in [0.5, 0.6) is 0 Å². The molecule has 0 N–H and O–H groups in total. The molecular formula is C8H8F3N. The standard InChI is InChI=1S/C8H8F3N/c1-6-4-7(8(9,10)11)2-3-12-5-6/h2,4-5H,3H2,1H3. The van der Waals surface area contributed by atoms with Gasteiger partial charge in [-0.15, -0.1) is 0 Å². The van der Waals surface area contributed by atoms with Crippen LogP contribution in [0.25, 0.3) is 0 Å². The van der Waals surface area contributed by atoms with E-state index >= 15 is 0 Å². The molecular weight excluding hydrogens is 167 g/mol. The molecule has 1 heterocycles. The molecule has 0 spiro atoms. The summed E-state index contributed by atoms with van der Waals surface area (Å²) in [5.41, 5.74) is -0.0893. The second-order valence-electron chi connectivity index (χ2n) is 2.54. The molecule has 0 amide bonds. The molecule has 0 atom stereocenters. The lowest BCUT2D eigenvalue weighted by atomic mass is 10.2. The molecule has 0 aromatic carbocycles. The second kappa shape index (κ2) is 3.13. The Morgan fingerprint density at radius 2 is 2.08 bits per heavy atom. The van der Waals surface area contributed by atoms with Crippen LogP contribution in [-0.2, 0) is 0 Å². The normalized spacial score (nSPS) is 18.3. The average molecular weight is 175 g/mol. The average Bonchev–Trinajstić information content (AvgIpc) is 2.11. The number of halogens is 3. The first kappa shape index (κ1) is 9.03. The van der Waals surface area contributed by atoms with E-state index in [4.69, 9.17) is 0 Å². The van der Waals surface area contributed by atoms with Gasteiger partial charge in [0.2, 0.25) is 0 Å². The number of alkyl halides is 3. The van der Waals surface area contributed by atoms with Gasteiger partial charge < -0.3 is 0 Å². The molecule has 4 heteroatoms. The van der Waals surface area contributed by atoms with Gasteiger partial charge in [0.15, 0.2) is 0 Å². The summed E-state index contributed by atoms with van der Waals surface area (Å²) in [5, 5.41) is 0. The first-order valence-corrected chi connectivity index (χ1v) is 3.45. The Kier molecular flexibility index (Phi) is 2.35. The Morgan fingerprint density at radius 3 is 2.67 bits per heavy atom. The number of nitrogens with zero attached hydrogens (tertiary/aromatic N) is 1. The summed E-state index contributed by atoms with van der Waals surface area (Å²) in [5.74, 6) is 0. The predicted octanol–water partition coefficient (Wildman–Crippen LogP) is 2.51. The van der Waals surface area contributed by atoms with Crippen LogP contribution in [0.15, 0.2) is 28.3 Å². The molecule has 0 aromatic heterocycles. The molecule has 1 rings (SSSR count). The van der Waals surface area contributed by atoms with Gasteiger partial charge >= 0.3 is 6.18 Å². The fraction of sp³-hybridized carbons (Fsp3) is 0.375. The minimum Gasteiger partial charge on any atom is -0.289 e. The first-order valence-electron chi connectivity index (χ1n) is 3.45. The zero-order chi connectivity index (χ0) is 9.19. The summed E-state index contributed by atoms with van der Waals surface area (Å²) >= 11 is 0. The van der Waals surface area contributed by atoms with Crippen LogP contribution in [0, 0.1) is 0 Å². The minimum atomic E-state index is -4.26. The van der Waals surface area contributed by atoms with Crippen molar-refractivity contribution in [2.45, 2.75) is 13.1 Å². The van der Waals surface area contributed by atoms with E-state index < -0.39 is 11.7 Å². The fourth-order valence-electron chi connectivity index (χ4n) is 0.887. The number of allylic oxidation sites excluding steroid dienone is 3. The molecule has 0 bridgehead atoms. The van der Waals surface area contributed by atoms with E-state index in [1.54, 1.807) is 6.92 Å². The van der Waals surface area contributed by atoms with Gasteiger partial charge in [0, 0.05) is 6.21 Å². The summed E-state index contributed by atoms with van der Waals surface area (Å²) in [6, 6.07) is 0. The van der Waals surface area contributed by atoms with Crippen molar-refractivity contribution in [2.24, 2.45) is 4.99 Å². The molecule has 0 radical (unpaired) electrons. The minimum absolute atomic E-state index is 0.0999. The van der Waals surface area contributed by atoms with Crippen molar-refractivity contribution in [2.75, 3.05) is 6.54 Å². The Bertz CT molecular complexity index is 258. The first-order chi connectivity index (χ1) is 5.50. The molecule has 0 saturated carbocycles. The fourth-order valence-corrected chi connectivity index (χ4v) is 0.887. The van der Waals surface area contributed by atoms with Gasteiger partial charge in [-0.2, -0.15) is 13.2 Å². The molecule has 0 unspecified atom stereocenters. The Hall–Kier alpha value is -1.06. The molecule has 1 aliphatic heterocycles. The lowest BCUT2D eigenvalue weighted by Crippen LogP contribution is -2.10. The summed E-state index contributed by atoms with van der Waals surface area (Å²) in [4.78, 5) is 3.75. The van der Waals surface area contributed by atoms with Gasteiger partial charge in [-0.05, 0) is 18.6 Å². The highest BCUT2D eigenvalue weighted by Gasteiger charge is 2.31. The van der Waals surface area contributed by atoms with Crippen molar-refractivity contribution in [3.05, 3.63) is 23.3 Å². The van der Waals surface area contributed by atoms with Crippen LogP contribution in [0.3, 0.4) is 0 Å². The number of hydrogen-bond donors (Lipinski definition) is 0. The van der Waals surface area contributed by atoms with Crippen molar-refractivity contribution >= 4 is 6.21 Å². The quantitative estimate of drug-likeness (QED) is 0.536. The van der Waals surface area contributed by atoms with Crippen molar-refractivity contribution in [1.29, 1.82) is 0 Å². The van der Waals surface area contributed by atoms with Crippen LogP contribution in [-0.4, -0.2) is 18.9 Å². The van der Waals surface area contributed by atoms with Gasteiger partial charge in [0.05, 0.1) is 12.1 Å². The molecule has 0 fully saturated rings. The van der Waals surface area contributed by atoms with Gasteiger partial charge in [-0.25, -0.2) is 0 Å². The monoisotopic (exact) mass is 175 g/mol. The highest BCUT2D eigenvalue weighted by atomic mass is 19.4. The third-order valence-corrected chi connectivity index (χ3v) is 1.42. The third kappa shape index (κ3) is 2.22. The van der Waals surface area contributed by atoms with Crippen molar-refractivity contribution < 1.29 is 13.2 Å². The van der Waals surface area contributed by atoms with E-state index in [0.717, 1.165) is 12.2 Å². The molecule has 0 aliphatic carbocycles. The van der Waals surface area contributed by atoms with E-state index in [-0.39, 0.29) is 6.54 Å². The zero-order valence-corrected chi connectivity index (χ0v) is 6.52. The molecule has 1 nitrogen and oxygen atoms in total. The number of aliphatic imine (C=N–C) groups is 1. The lowest BCUT2D eigenvalue weighted by Gasteiger charge is -2.06. The Labute approximate surface area is 68.3 Å². The zero-order valence-electron chi connectivity index (χ0n) is 6.52. The van der Waals surface area contributed by atoms with Gasteiger partial charge in [0.1, 0.15) is 0 Å². The van der Waals surface area contributed by atoms with Crippen molar-refractivity contribution in [3.8, 4) is 0 Å². The maximum absolute atomic E-state index is 12.1. The lowest BCUT2D eigenvalue weighted by molar-refractivity contribution is -0.0883. The van der Waals surface area contributed by atoms with Crippen LogP contribution in [0.1, 0.15) is 6.92 Å². The largest absolute Gasteiger partial charge is 0.416 e. The van der Waals surface area contributed by atoms with Crippen LogP contribution >= 0.6 is 0 Å². The Balaban J connectivity index is 2.93. The number of hydrogen-bond acceptors (Lipinski definition) is 1. The summed E-state index contributed by atoms with van der Waals surface area (Å²) in [6.07, 6.45) is -0.645.